The molecule has 1 aliphatic heterocycles. The molecule has 0 bridgehead atoms. The zero-order chi connectivity index (χ0) is 18.0. The molecule has 6 nitrogen and oxygen atoms in total. The van der Waals surface area contributed by atoms with Crippen molar-refractivity contribution in [1.29, 1.82) is 0 Å². The summed E-state index contributed by atoms with van der Waals surface area (Å²) in [6.07, 6.45) is 3.82. The summed E-state index contributed by atoms with van der Waals surface area (Å²) in [5.74, 6) is 2.10. The van der Waals surface area contributed by atoms with E-state index in [1.165, 1.54) is 5.56 Å². The number of aromatic nitrogens is 3. The van der Waals surface area contributed by atoms with Crippen molar-refractivity contribution < 1.29 is 4.52 Å². The lowest BCUT2D eigenvalue weighted by Gasteiger charge is -2.42. The maximum absolute atomic E-state index is 6.20. The van der Waals surface area contributed by atoms with Crippen LogP contribution in [0.2, 0.25) is 0 Å². The number of anilines is 1. The fourth-order valence-electron chi connectivity index (χ4n) is 3.70. The Hall–Kier alpha value is -2.73. The number of aryl methyl sites for hydroxylation is 1. The second kappa shape index (κ2) is 6.88. The minimum absolute atomic E-state index is 0.0545. The van der Waals surface area contributed by atoms with Gasteiger partial charge in [-0.25, -0.2) is 4.98 Å². The number of hydrogen-bond donors (Lipinski definition) is 1. The van der Waals surface area contributed by atoms with Gasteiger partial charge in [-0.15, -0.1) is 0 Å². The van der Waals surface area contributed by atoms with E-state index < -0.39 is 0 Å². The summed E-state index contributed by atoms with van der Waals surface area (Å²) in [7, 11) is 0. The Bertz CT molecular complexity index is 869. The monoisotopic (exact) mass is 349 g/mol. The summed E-state index contributed by atoms with van der Waals surface area (Å²) in [4.78, 5) is 11.2. The molecule has 134 valence electrons. The summed E-state index contributed by atoms with van der Waals surface area (Å²) in [5.41, 5.74) is 8.49. The first-order chi connectivity index (χ1) is 12.7. The van der Waals surface area contributed by atoms with Gasteiger partial charge in [0, 0.05) is 36.8 Å². The molecule has 1 aliphatic rings. The Morgan fingerprint density at radius 1 is 1.15 bits per heavy atom. The molecule has 1 saturated heterocycles. The molecule has 0 atom stereocenters. The van der Waals surface area contributed by atoms with Gasteiger partial charge in [0.05, 0.1) is 0 Å². The largest absolute Gasteiger partial charge is 0.357 e. The molecule has 3 heterocycles. The van der Waals surface area contributed by atoms with E-state index in [0.29, 0.717) is 18.3 Å². The first kappa shape index (κ1) is 16.7. The van der Waals surface area contributed by atoms with Gasteiger partial charge in [-0.2, -0.15) is 4.98 Å². The minimum atomic E-state index is 0.0545. The highest BCUT2D eigenvalue weighted by Gasteiger charge is 2.35. The number of nitrogens with zero attached hydrogens (tertiary/aromatic N) is 4. The van der Waals surface area contributed by atoms with Crippen LogP contribution in [0, 0.1) is 6.92 Å². The number of piperidine rings is 1. The Morgan fingerprint density at radius 2 is 1.92 bits per heavy atom. The van der Waals surface area contributed by atoms with Crippen molar-refractivity contribution in [3.8, 4) is 11.5 Å². The number of pyridine rings is 1. The Morgan fingerprint density at radius 3 is 2.58 bits per heavy atom. The van der Waals surface area contributed by atoms with E-state index in [2.05, 4.69) is 50.4 Å². The molecular weight excluding hydrogens is 326 g/mol. The van der Waals surface area contributed by atoms with Gasteiger partial charge in [-0.05, 0) is 37.5 Å². The van der Waals surface area contributed by atoms with Crippen molar-refractivity contribution in [3.05, 3.63) is 60.0 Å². The Labute approximate surface area is 153 Å². The first-order valence-corrected chi connectivity index (χ1v) is 8.97. The van der Waals surface area contributed by atoms with Crippen molar-refractivity contribution in [2.45, 2.75) is 25.2 Å². The molecule has 1 fully saturated rings. The maximum Gasteiger partial charge on any atom is 0.258 e. The smallest absolute Gasteiger partial charge is 0.258 e. The van der Waals surface area contributed by atoms with Crippen LogP contribution in [0.5, 0.6) is 0 Å². The van der Waals surface area contributed by atoms with Crippen LogP contribution in [0.1, 0.15) is 24.2 Å². The Kier molecular flexibility index (Phi) is 4.42. The second-order valence-corrected chi connectivity index (χ2v) is 6.89. The van der Waals surface area contributed by atoms with Crippen molar-refractivity contribution >= 4 is 5.82 Å². The molecule has 1 aromatic carbocycles. The molecule has 0 unspecified atom stereocenters. The fourth-order valence-corrected chi connectivity index (χ4v) is 3.70. The van der Waals surface area contributed by atoms with E-state index in [-0.39, 0.29) is 5.41 Å². The van der Waals surface area contributed by atoms with Gasteiger partial charge in [-0.3, -0.25) is 0 Å². The van der Waals surface area contributed by atoms with Crippen LogP contribution >= 0.6 is 0 Å². The quantitative estimate of drug-likeness (QED) is 0.780. The lowest BCUT2D eigenvalue weighted by Crippen LogP contribution is -2.47. The van der Waals surface area contributed by atoms with E-state index in [1.54, 1.807) is 6.20 Å². The van der Waals surface area contributed by atoms with Crippen LogP contribution in [-0.2, 0) is 5.41 Å². The van der Waals surface area contributed by atoms with Gasteiger partial charge in [0.25, 0.3) is 5.89 Å². The molecule has 0 radical (unpaired) electrons. The zero-order valence-electron chi connectivity index (χ0n) is 14.9. The molecule has 0 amide bonds. The van der Waals surface area contributed by atoms with E-state index in [9.17, 15) is 0 Å². The van der Waals surface area contributed by atoms with E-state index in [0.717, 1.165) is 37.3 Å². The lowest BCUT2D eigenvalue weighted by atomic mass is 9.73. The van der Waals surface area contributed by atoms with E-state index >= 15 is 0 Å². The molecule has 4 rings (SSSR count). The molecule has 6 heteroatoms. The van der Waals surface area contributed by atoms with Gasteiger partial charge in [0.2, 0.25) is 0 Å². The summed E-state index contributed by atoms with van der Waals surface area (Å²) in [6.45, 7) is 4.33. The average Bonchev–Trinajstić information content (AvgIpc) is 3.15. The summed E-state index contributed by atoms with van der Waals surface area (Å²) in [5, 5.41) is 3.86. The summed E-state index contributed by atoms with van der Waals surface area (Å²) in [6, 6.07) is 14.5. The molecule has 3 aromatic rings. The topological polar surface area (TPSA) is 81.1 Å². The fraction of sp³-hybridized carbons (Fsp3) is 0.350. The van der Waals surface area contributed by atoms with Crippen molar-refractivity contribution in [2.24, 2.45) is 5.73 Å². The average molecular weight is 349 g/mol. The predicted molar refractivity (Wildman–Crippen MR) is 101 cm³/mol. The lowest BCUT2D eigenvalue weighted by molar-refractivity contribution is 0.339. The molecule has 2 N–H and O–H groups in total. The molecule has 2 aromatic heterocycles. The normalized spacial score (nSPS) is 16.6. The highest BCUT2D eigenvalue weighted by molar-refractivity contribution is 5.58. The molecule has 0 spiro atoms. The van der Waals surface area contributed by atoms with Gasteiger partial charge in [0.15, 0.2) is 5.82 Å². The highest BCUT2D eigenvalue weighted by Crippen LogP contribution is 2.36. The van der Waals surface area contributed by atoms with Crippen molar-refractivity contribution in [2.75, 3.05) is 24.5 Å². The standard InChI is InChI=1S/C20H23N5O/c1-15-23-19(26-24-15)16-7-10-22-18(13-16)25-11-8-20(14-21,9-12-25)17-5-3-2-4-6-17/h2-7,10,13H,8-9,11-12,14,21H2,1H3. The van der Waals surface area contributed by atoms with Crippen molar-refractivity contribution in [3.63, 3.8) is 0 Å². The van der Waals surface area contributed by atoms with Crippen LogP contribution in [0.15, 0.2) is 53.2 Å². The molecular formula is C20H23N5O. The van der Waals surface area contributed by atoms with Crippen molar-refractivity contribution in [1.82, 2.24) is 15.1 Å². The molecule has 0 saturated carbocycles. The third-order valence-electron chi connectivity index (χ3n) is 5.34. The SMILES string of the molecule is Cc1noc(-c2ccnc(N3CCC(CN)(c4ccccc4)CC3)c2)n1. The zero-order valence-corrected chi connectivity index (χ0v) is 14.9. The minimum Gasteiger partial charge on any atom is -0.357 e. The molecule has 0 aliphatic carbocycles. The van der Waals surface area contributed by atoms with E-state index in [1.807, 2.05) is 19.1 Å². The van der Waals surface area contributed by atoms with Crippen LogP contribution in [0.4, 0.5) is 5.82 Å². The van der Waals surface area contributed by atoms with Crippen LogP contribution in [0.3, 0.4) is 0 Å². The van der Waals surface area contributed by atoms with Crippen LogP contribution in [0.25, 0.3) is 11.5 Å². The maximum atomic E-state index is 6.20. The first-order valence-electron chi connectivity index (χ1n) is 8.97. The number of nitrogens with two attached hydrogens (primary N) is 1. The third-order valence-corrected chi connectivity index (χ3v) is 5.34. The predicted octanol–water partition coefficient (Wildman–Crippen LogP) is 2.94. The number of hydrogen-bond acceptors (Lipinski definition) is 6. The summed E-state index contributed by atoms with van der Waals surface area (Å²) < 4.78 is 5.28. The van der Waals surface area contributed by atoms with E-state index in [4.69, 9.17) is 10.3 Å². The van der Waals surface area contributed by atoms with Gasteiger partial charge >= 0.3 is 0 Å². The number of benzene rings is 1. The Balaban J connectivity index is 1.53. The summed E-state index contributed by atoms with van der Waals surface area (Å²) >= 11 is 0. The van der Waals surface area contributed by atoms with Gasteiger partial charge in [-0.1, -0.05) is 35.5 Å². The second-order valence-electron chi connectivity index (χ2n) is 6.89. The highest BCUT2D eigenvalue weighted by atomic mass is 16.5. The van der Waals surface area contributed by atoms with Gasteiger partial charge < -0.3 is 15.2 Å². The number of rotatable bonds is 4. The van der Waals surface area contributed by atoms with Crippen LogP contribution in [-0.4, -0.2) is 34.8 Å². The van der Waals surface area contributed by atoms with Gasteiger partial charge in [0.1, 0.15) is 5.82 Å². The third kappa shape index (κ3) is 3.08. The molecule has 26 heavy (non-hydrogen) atoms. The van der Waals surface area contributed by atoms with Crippen LogP contribution < -0.4 is 10.6 Å².